The van der Waals surface area contributed by atoms with E-state index in [-0.39, 0.29) is 5.91 Å². The van der Waals surface area contributed by atoms with Crippen molar-refractivity contribution in [2.45, 2.75) is 19.4 Å². The summed E-state index contributed by atoms with van der Waals surface area (Å²) in [5, 5.41) is 3.39. The van der Waals surface area contributed by atoms with E-state index in [0.29, 0.717) is 49.1 Å². The molecular weight excluding hydrogens is 357 g/mol. The lowest BCUT2D eigenvalue weighted by Gasteiger charge is -2.20. The first-order valence-electron chi connectivity index (χ1n) is 7.21. The second kappa shape index (κ2) is 7.43. The molecule has 1 aliphatic rings. The first-order chi connectivity index (χ1) is 11.1. The monoisotopic (exact) mass is 371 g/mol. The Morgan fingerprint density at radius 3 is 2.83 bits per heavy atom. The fourth-order valence-corrected chi connectivity index (χ4v) is 3.65. The van der Waals surface area contributed by atoms with Crippen LogP contribution in [-0.4, -0.2) is 19.1 Å². The number of benzene rings is 1. The van der Waals surface area contributed by atoms with Gasteiger partial charge >= 0.3 is 0 Å². The largest absolute Gasteiger partial charge is 0.486 e. The minimum absolute atomic E-state index is 0.0134. The fraction of sp³-hybridized carbons (Fsp3) is 0.312. The molecule has 1 aromatic heterocycles. The van der Waals surface area contributed by atoms with Crippen molar-refractivity contribution >= 4 is 40.4 Å². The van der Waals surface area contributed by atoms with Gasteiger partial charge in [0.15, 0.2) is 11.5 Å². The number of nitrogens with one attached hydrogen (secondary N) is 1. The van der Waals surface area contributed by atoms with E-state index < -0.39 is 0 Å². The molecule has 0 bridgehead atoms. The molecule has 1 N–H and O–H groups in total. The van der Waals surface area contributed by atoms with Crippen molar-refractivity contribution in [3.05, 3.63) is 44.1 Å². The van der Waals surface area contributed by atoms with E-state index in [2.05, 4.69) is 5.32 Å². The first kappa shape index (κ1) is 16.4. The maximum absolute atomic E-state index is 11.9. The Bertz CT molecular complexity index is 717. The van der Waals surface area contributed by atoms with Crippen LogP contribution in [0.1, 0.15) is 16.9 Å². The van der Waals surface area contributed by atoms with Crippen molar-refractivity contribution < 1.29 is 14.3 Å². The lowest BCUT2D eigenvalue weighted by Crippen LogP contribution is -2.23. The molecule has 0 saturated heterocycles. The third-order valence-electron chi connectivity index (χ3n) is 3.37. The maximum Gasteiger partial charge on any atom is 0.220 e. The number of carbonyl (C=O) groups excluding carboxylic acids is 1. The Kier molecular flexibility index (Phi) is 5.30. The molecule has 0 unspecified atom stereocenters. The van der Waals surface area contributed by atoms with Gasteiger partial charge in [-0.25, -0.2) is 0 Å². The number of thiophene rings is 1. The molecule has 23 heavy (non-hydrogen) atoms. The summed E-state index contributed by atoms with van der Waals surface area (Å²) in [6.07, 6.45) is 1.11. The van der Waals surface area contributed by atoms with Crippen LogP contribution in [0.4, 0.5) is 0 Å². The van der Waals surface area contributed by atoms with Crippen LogP contribution in [-0.2, 0) is 17.8 Å². The average molecular weight is 372 g/mol. The topological polar surface area (TPSA) is 47.6 Å². The maximum atomic E-state index is 11.9. The van der Waals surface area contributed by atoms with Crippen molar-refractivity contribution in [3.8, 4) is 11.5 Å². The summed E-state index contributed by atoms with van der Waals surface area (Å²) >= 11 is 13.5. The highest BCUT2D eigenvalue weighted by Gasteiger charge is 2.16. The quantitative estimate of drug-likeness (QED) is 0.861. The summed E-state index contributed by atoms with van der Waals surface area (Å²) in [6, 6.07) is 7.42. The highest BCUT2D eigenvalue weighted by Crippen LogP contribution is 2.38. The SMILES string of the molecule is O=C(CCc1ccc(Cl)s1)NCc1cc(Cl)c2c(c1)OCCO2. The zero-order valence-corrected chi connectivity index (χ0v) is 14.6. The molecule has 0 saturated carbocycles. The van der Waals surface area contributed by atoms with Crippen LogP contribution in [0.5, 0.6) is 11.5 Å². The van der Waals surface area contributed by atoms with E-state index in [4.69, 9.17) is 32.7 Å². The van der Waals surface area contributed by atoms with Crippen molar-refractivity contribution in [2.24, 2.45) is 0 Å². The zero-order chi connectivity index (χ0) is 16.2. The molecule has 0 atom stereocenters. The van der Waals surface area contributed by atoms with E-state index in [1.54, 1.807) is 6.07 Å². The predicted molar refractivity (Wildman–Crippen MR) is 91.9 cm³/mol. The molecule has 0 fully saturated rings. The lowest BCUT2D eigenvalue weighted by molar-refractivity contribution is -0.121. The summed E-state index contributed by atoms with van der Waals surface area (Å²) in [4.78, 5) is 13.0. The van der Waals surface area contributed by atoms with Gasteiger partial charge in [-0.05, 0) is 36.2 Å². The highest BCUT2D eigenvalue weighted by molar-refractivity contribution is 7.16. The smallest absolute Gasteiger partial charge is 0.220 e. The first-order valence-corrected chi connectivity index (χ1v) is 8.78. The van der Waals surface area contributed by atoms with Crippen LogP contribution >= 0.6 is 34.5 Å². The summed E-state index contributed by atoms with van der Waals surface area (Å²) < 4.78 is 11.7. The van der Waals surface area contributed by atoms with Gasteiger partial charge in [-0.1, -0.05) is 23.2 Å². The molecule has 2 aromatic rings. The molecule has 0 aliphatic carbocycles. The number of aryl methyl sites for hydroxylation is 1. The van der Waals surface area contributed by atoms with Gasteiger partial charge in [0.25, 0.3) is 0 Å². The van der Waals surface area contributed by atoms with E-state index in [1.807, 2.05) is 18.2 Å². The Hall–Kier alpha value is -1.43. The summed E-state index contributed by atoms with van der Waals surface area (Å²) in [6.45, 7) is 1.40. The number of ether oxygens (including phenoxy) is 2. The van der Waals surface area contributed by atoms with Gasteiger partial charge in [-0.2, -0.15) is 0 Å². The van der Waals surface area contributed by atoms with Crippen LogP contribution < -0.4 is 14.8 Å². The standard InChI is InChI=1S/C16H15Cl2NO3S/c17-12-7-10(8-13-16(12)22-6-5-21-13)9-19-15(20)4-2-11-1-3-14(18)23-11/h1,3,7-8H,2,4-6,9H2,(H,19,20). The third-order valence-corrected chi connectivity index (χ3v) is 4.95. The number of halogens is 2. The number of rotatable bonds is 5. The molecule has 1 aliphatic heterocycles. The summed E-state index contributed by atoms with van der Waals surface area (Å²) in [7, 11) is 0. The van der Waals surface area contributed by atoms with E-state index in [9.17, 15) is 4.79 Å². The second-order valence-electron chi connectivity index (χ2n) is 5.08. The van der Waals surface area contributed by atoms with Crippen LogP contribution in [0.3, 0.4) is 0 Å². The molecule has 3 rings (SSSR count). The van der Waals surface area contributed by atoms with Crippen molar-refractivity contribution in [3.63, 3.8) is 0 Å². The van der Waals surface area contributed by atoms with Crippen molar-refractivity contribution in [2.75, 3.05) is 13.2 Å². The minimum atomic E-state index is -0.0134. The van der Waals surface area contributed by atoms with Gasteiger partial charge in [0.1, 0.15) is 13.2 Å². The van der Waals surface area contributed by atoms with Crippen LogP contribution in [0.25, 0.3) is 0 Å². The van der Waals surface area contributed by atoms with Gasteiger partial charge in [-0.3, -0.25) is 4.79 Å². The number of carbonyl (C=O) groups is 1. The zero-order valence-electron chi connectivity index (χ0n) is 12.2. The fourth-order valence-electron chi connectivity index (χ4n) is 2.28. The molecule has 7 heteroatoms. The third kappa shape index (κ3) is 4.31. The van der Waals surface area contributed by atoms with Gasteiger partial charge in [-0.15, -0.1) is 11.3 Å². The van der Waals surface area contributed by atoms with Crippen molar-refractivity contribution in [1.82, 2.24) is 5.32 Å². The molecule has 0 radical (unpaired) electrons. The van der Waals surface area contributed by atoms with Gasteiger partial charge < -0.3 is 14.8 Å². The number of hydrogen-bond donors (Lipinski definition) is 1. The Morgan fingerprint density at radius 1 is 1.22 bits per heavy atom. The summed E-state index contributed by atoms with van der Waals surface area (Å²) in [5.74, 6) is 1.18. The van der Waals surface area contributed by atoms with Crippen molar-refractivity contribution in [1.29, 1.82) is 0 Å². The molecule has 122 valence electrons. The number of hydrogen-bond acceptors (Lipinski definition) is 4. The average Bonchev–Trinajstić information content (AvgIpc) is 2.96. The Balaban J connectivity index is 1.53. The minimum Gasteiger partial charge on any atom is -0.486 e. The van der Waals surface area contributed by atoms with Gasteiger partial charge in [0.2, 0.25) is 5.91 Å². The Labute approximate surface area is 148 Å². The van der Waals surface area contributed by atoms with Crippen LogP contribution in [0.2, 0.25) is 9.36 Å². The second-order valence-corrected chi connectivity index (χ2v) is 7.29. The van der Waals surface area contributed by atoms with Crippen LogP contribution in [0, 0.1) is 0 Å². The van der Waals surface area contributed by atoms with E-state index in [1.165, 1.54) is 11.3 Å². The highest BCUT2D eigenvalue weighted by atomic mass is 35.5. The summed E-state index contributed by atoms with van der Waals surface area (Å²) in [5.41, 5.74) is 0.881. The van der Waals surface area contributed by atoms with Gasteiger partial charge in [0.05, 0.1) is 9.36 Å². The molecule has 0 spiro atoms. The number of amides is 1. The number of fused-ring (bicyclic) bond motifs is 1. The molecule has 2 heterocycles. The molecule has 1 aromatic carbocycles. The predicted octanol–water partition coefficient (Wildman–Crippen LogP) is 4.08. The van der Waals surface area contributed by atoms with E-state index in [0.717, 1.165) is 14.8 Å². The molecule has 1 amide bonds. The Morgan fingerprint density at radius 2 is 2.04 bits per heavy atom. The van der Waals surface area contributed by atoms with Gasteiger partial charge in [0, 0.05) is 17.8 Å². The molecule has 4 nitrogen and oxygen atoms in total. The molecular formula is C16H15Cl2NO3S. The lowest BCUT2D eigenvalue weighted by atomic mass is 10.2. The van der Waals surface area contributed by atoms with Crippen LogP contribution in [0.15, 0.2) is 24.3 Å². The normalized spacial score (nSPS) is 13.0. The van der Waals surface area contributed by atoms with E-state index >= 15 is 0 Å².